The van der Waals surface area contributed by atoms with Crippen molar-refractivity contribution in [1.82, 2.24) is 19.6 Å². The summed E-state index contributed by atoms with van der Waals surface area (Å²) in [5.74, 6) is 1.93. The van der Waals surface area contributed by atoms with Gasteiger partial charge in [-0.3, -0.25) is 0 Å². The molecule has 5 rings (SSSR count). The van der Waals surface area contributed by atoms with Crippen LogP contribution in [0.15, 0.2) is 73.1 Å². The van der Waals surface area contributed by atoms with Crippen molar-refractivity contribution in [3.05, 3.63) is 100 Å². The number of fused-ring (bicyclic) bond motifs is 1. The van der Waals surface area contributed by atoms with Gasteiger partial charge in [0.1, 0.15) is 5.82 Å². The molecule has 0 spiro atoms. The highest BCUT2D eigenvalue weighted by atomic mass is 35.5. The minimum absolute atomic E-state index is 0.273. The molecule has 0 bridgehead atoms. The van der Waals surface area contributed by atoms with E-state index in [0.717, 1.165) is 16.8 Å². The third-order valence-electron chi connectivity index (χ3n) is 5.22. The zero-order chi connectivity index (χ0) is 23.7. The van der Waals surface area contributed by atoms with Gasteiger partial charge in [-0.2, -0.15) is 14.2 Å². The molecule has 3 aromatic heterocycles. The van der Waals surface area contributed by atoms with Gasteiger partial charge in [-0.15, -0.1) is 5.10 Å². The van der Waals surface area contributed by atoms with E-state index < -0.39 is 0 Å². The third kappa shape index (κ3) is 4.41. The van der Waals surface area contributed by atoms with Crippen molar-refractivity contribution in [2.24, 2.45) is 0 Å². The van der Waals surface area contributed by atoms with Gasteiger partial charge in [0, 0.05) is 28.8 Å². The van der Waals surface area contributed by atoms with E-state index in [1.165, 1.54) is 16.9 Å². The number of aryl methyl sites for hydroxylation is 1. The van der Waals surface area contributed by atoms with Crippen LogP contribution in [0.2, 0.25) is 5.02 Å². The number of nitrogens with zero attached hydrogens (tertiary/aromatic N) is 5. The van der Waals surface area contributed by atoms with E-state index >= 15 is 0 Å². The summed E-state index contributed by atoms with van der Waals surface area (Å²) in [5.41, 5.74) is 9.77. The smallest absolute Gasteiger partial charge is 0.256 e. The van der Waals surface area contributed by atoms with Crippen LogP contribution in [0.25, 0.3) is 5.78 Å². The summed E-state index contributed by atoms with van der Waals surface area (Å²) in [5, 5.41) is 19.7. The number of aromatic nitrogens is 5. The van der Waals surface area contributed by atoms with Gasteiger partial charge in [-0.25, -0.2) is 4.98 Å². The number of nitrogen functional groups attached to an aromatic ring is 1. The monoisotopic (exact) mass is 473 g/mol. The average molecular weight is 474 g/mol. The molecule has 9 nitrogen and oxygen atoms in total. The number of ether oxygens (including phenoxy) is 1. The number of anilines is 3. The second kappa shape index (κ2) is 8.87. The van der Waals surface area contributed by atoms with Crippen LogP contribution in [-0.2, 0) is 6.42 Å². The molecule has 5 aromatic rings. The Morgan fingerprint density at radius 1 is 1.12 bits per heavy atom. The maximum Gasteiger partial charge on any atom is 0.256 e. The van der Waals surface area contributed by atoms with Crippen molar-refractivity contribution in [2.75, 3.05) is 11.1 Å². The number of hydrogen-bond donors (Lipinski definition) is 2. The van der Waals surface area contributed by atoms with Gasteiger partial charge in [-0.1, -0.05) is 41.9 Å². The van der Waals surface area contributed by atoms with Gasteiger partial charge in [0.05, 0.1) is 5.69 Å². The molecule has 0 saturated carbocycles. The van der Waals surface area contributed by atoms with Crippen LogP contribution in [0.5, 0.6) is 11.5 Å². The second-order valence-electron chi connectivity index (χ2n) is 7.64. The average Bonchev–Trinajstić information content (AvgIpc) is 3.21. The van der Waals surface area contributed by atoms with Crippen LogP contribution in [0.4, 0.5) is 17.5 Å². The summed E-state index contributed by atoms with van der Waals surface area (Å²) in [7, 11) is 0. The summed E-state index contributed by atoms with van der Waals surface area (Å²) < 4.78 is 8.04. The second-order valence-corrected chi connectivity index (χ2v) is 8.07. The van der Waals surface area contributed by atoms with Gasteiger partial charge < -0.3 is 21.0 Å². The SMILES string of the molecule is Cc1nc2nc(Nc3cc(Cl)ccc3Oc3ccc[n+]([O-])c3)nn2c(N)c1Cc1ccccc1. The van der Waals surface area contributed by atoms with E-state index in [9.17, 15) is 5.21 Å². The zero-order valence-electron chi connectivity index (χ0n) is 18.1. The van der Waals surface area contributed by atoms with Gasteiger partial charge in [-0.05, 0) is 36.8 Å². The summed E-state index contributed by atoms with van der Waals surface area (Å²) in [4.78, 5) is 9.05. The largest absolute Gasteiger partial charge is 0.619 e. The summed E-state index contributed by atoms with van der Waals surface area (Å²) in [6, 6.07) is 18.4. The number of halogens is 1. The van der Waals surface area contributed by atoms with Crippen molar-refractivity contribution in [3.8, 4) is 11.5 Å². The Hall–Kier alpha value is -4.37. The van der Waals surface area contributed by atoms with Gasteiger partial charge in [0.25, 0.3) is 5.78 Å². The summed E-state index contributed by atoms with van der Waals surface area (Å²) in [6.07, 6.45) is 3.33. The van der Waals surface area contributed by atoms with E-state index in [1.54, 1.807) is 30.3 Å². The maximum absolute atomic E-state index is 11.6. The van der Waals surface area contributed by atoms with Crippen molar-refractivity contribution < 1.29 is 9.47 Å². The molecule has 0 atom stereocenters. The topological polar surface area (TPSA) is 117 Å². The first-order valence-electron chi connectivity index (χ1n) is 10.4. The maximum atomic E-state index is 11.6. The summed E-state index contributed by atoms with van der Waals surface area (Å²) in [6.45, 7) is 1.90. The lowest BCUT2D eigenvalue weighted by Gasteiger charge is -2.11. The molecule has 0 aliphatic rings. The Morgan fingerprint density at radius 3 is 2.74 bits per heavy atom. The number of pyridine rings is 1. The molecule has 0 aliphatic carbocycles. The predicted molar refractivity (Wildman–Crippen MR) is 129 cm³/mol. The molecule has 10 heteroatoms. The standard InChI is InChI=1S/C24H20ClN7O2/c1-15-19(12-16-6-3-2-4-7-16)22(26)32-24(27-15)29-23(30-32)28-20-13-17(25)9-10-21(20)34-18-8-5-11-31(33)14-18/h2-11,13-14H,12,26H2,1H3,(H,28,30). The molecular formula is C24H20ClN7O2. The van der Waals surface area contributed by atoms with Crippen molar-refractivity contribution in [2.45, 2.75) is 13.3 Å². The highest BCUT2D eigenvalue weighted by Gasteiger charge is 2.16. The molecule has 0 fully saturated rings. The van der Waals surface area contributed by atoms with Crippen LogP contribution >= 0.6 is 11.6 Å². The first-order valence-corrected chi connectivity index (χ1v) is 10.8. The van der Waals surface area contributed by atoms with Gasteiger partial charge in [0.15, 0.2) is 17.7 Å². The molecular weight excluding hydrogens is 454 g/mol. The van der Waals surface area contributed by atoms with Crippen molar-refractivity contribution in [1.29, 1.82) is 0 Å². The van der Waals surface area contributed by atoms with E-state index in [4.69, 9.17) is 22.1 Å². The Balaban J connectivity index is 1.47. The Labute approximate surface area is 200 Å². The van der Waals surface area contributed by atoms with Gasteiger partial charge >= 0.3 is 0 Å². The van der Waals surface area contributed by atoms with Crippen LogP contribution in [-0.4, -0.2) is 19.6 Å². The van der Waals surface area contributed by atoms with E-state index in [-0.39, 0.29) is 5.95 Å². The van der Waals surface area contributed by atoms with E-state index in [2.05, 4.69) is 20.4 Å². The van der Waals surface area contributed by atoms with E-state index in [0.29, 0.717) is 45.0 Å². The first-order chi connectivity index (χ1) is 16.5. The number of nitrogens with one attached hydrogen (secondary N) is 1. The molecule has 0 unspecified atom stereocenters. The lowest BCUT2D eigenvalue weighted by molar-refractivity contribution is -0.605. The molecule has 170 valence electrons. The van der Waals surface area contributed by atoms with Crippen LogP contribution in [0.1, 0.15) is 16.8 Å². The van der Waals surface area contributed by atoms with Crippen LogP contribution < -0.4 is 20.5 Å². The fourth-order valence-corrected chi connectivity index (χ4v) is 3.74. The Kier molecular flexibility index (Phi) is 5.60. The molecule has 0 radical (unpaired) electrons. The Bertz CT molecular complexity index is 1490. The molecule has 0 aliphatic heterocycles. The van der Waals surface area contributed by atoms with E-state index in [1.807, 2.05) is 37.3 Å². The first kappa shape index (κ1) is 21.5. The molecule has 0 saturated heterocycles. The van der Waals surface area contributed by atoms with Crippen molar-refractivity contribution >= 4 is 34.8 Å². The fraction of sp³-hybridized carbons (Fsp3) is 0.0833. The lowest BCUT2D eigenvalue weighted by Crippen LogP contribution is -2.23. The third-order valence-corrected chi connectivity index (χ3v) is 5.45. The van der Waals surface area contributed by atoms with Crippen molar-refractivity contribution in [3.63, 3.8) is 0 Å². The molecule has 3 N–H and O–H groups in total. The van der Waals surface area contributed by atoms with Crippen LogP contribution in [0, 0.1) is 12.1 Å². The number of rotatable bonds is 6. The highest BCUT2D eigenvalue weighted by molar-refractivity contribution is 6.31. The summed E-state index contributed by atoms with van der Waals surface area (Å²) >= 11 is 6.21. The van der Waals surface area contributed by atoms with Gasteiger partial charge in [0.2, 0.25) is 12.1 Å². The molecule has 0 amide bonds. The number of nitrogens with two attached hydrogens (primary N) is 1. The fourth-order valence-electron chi connectivity index (χ4n) is 3.57. The minimum Gasteiger partial charge on any atom is -0.619 e. The number of hydrogen-bond acceptors (Lipinski definition) is 7. The minimum atomic E-state index is 0.273. The number of benzene rings is 2. The molecule has 3 heterocycles. The molecule has 2 aromatic carbocycles. The highest BCUT2D eigenvalue weighted by Crippen LogP contribution is 2.33. The normalized spacial score (nSPS) is 11.0. The molecule has 34 heavy (non-hydrogen) atoms. The van der Waals surface area contributed by atoms with Crippen LogP contribution in [0.3, 0.4) is 0 Å². The lowest BCUT2D eigenvalue weighted by atomic mass is 10.0. The Morgan fingerprint density at radius 2 is 1.94 bits per heavy atom. The quantitative estimate of drug-likeness (QED) is 0.276. The zero-order valence-corrected chi connectivity index (χ0v) is 18.9. The predicted octanol–water partition coefficient (Wildman–Crippen LogP) is 4.43.